The van der Waals surface area contributed by atoms with E-state index in [0.717, 1.165) is 15.2 Å². The number of para-hydroxylation sites is 1. The van der Waals surface area contributed by atoms with Crippen LogP contribution in [0.5, 0.6) is 0 Å². The van der Waals surface area contributed by atoms with Crippen LogP contribution < -0.4 is 5.32 Å². The highest BCUT2D eigenvalue weighted by atomic mass is 32.1. The summed E-state index contributed by atoms with van der Waals surface area (Å²) in [6.07, 6.45) is -4.64. The fourth-order valence-corrected chi connectivity index (χ4v) is 3.73. The van der Waals surface area contributed by atoms with Gasteiger partial charge in [0.25, 0.3) is 5.82 Å². The van der Waals surface area contributed by atoms with Crippen LogP contribution in [-0.4, -0.2) is 24.8 Å². The molecule has 5 aromatic rings. The van der Waals surface area contributed by atoms with Gasteiger partial charge in [-0.15, -0.1) is 26.6 Å². The predicted molar refractivity (Wildman–Crippen MR) is 100 cm³/mol. The van der Waals surface area contributed by atoms with E-state index in [2.05, 4.69) is 25.6 Å². The lowest BCUT2D eigenvalue weighted by Crippen LogP contribution is -2.13. The number of furan rings is 1. The molecule has 0 saturated heterocycles. The Morgan fingerprint density at radius 2 is 1.90 bits per heavy atom. The molecular formula is C18H11F3N6OS. The minimum Gasteiger partial charge on any atom is -0.457 e. The standard InChI is InChI=1S/C18H11F3N6OS/c19-18(20,21)17-25-24-15-8-7-14(26-27(15)17)22-9-10-5-6-12(28-10)16-23-11-3-1-2-4-13(11)29-16/h1-8H,9H2,(H,22,26). The number of halogens is 3. The molecule has 0 fully saturated rings. The highest BCUT2D eigenvalue weighted by molar-refractivity contribution is 7.21. The summed E-state index contributed by atoms with van der Waals surface area (Å²) in [5, 5.41) is 14.3. The van der Waals surface area contributed by atoms with Crippen molar-refractivity contribution < 1.29 is 17.6 Å². The van der Waals surface area contributed by atoms with Crippen molar-refractivity contribution in [2.24, 2.45) is 0 Å². The van der Waals surface area contributed by atoms with Gasteiger partial charge in [-0.05, 0) is 36.4 Å². The number of aromatic nitrogens is 5. The summed E-state index contributed by atoms with van der Waals surface area (Å²) < 4.78 is 46.5. The lowest BCUT2D eigenvalue weighted by atomic mass is 10.3. The van der Waals surface area contributed by atoms with Gasteiger partial charge in [0, 0.05) is 0 Å². The Morgan fingerprint density at radius 1 is 1.03 bits per heavy atom. The molecule has 0 spiro atoms. The third-order valence-corrected chi connectivity index (χ3v) is 5.18. The van der Waals surface area contributed by atoms with Crippen LogP contribution in [-0.2, 0) is 12.7 Å². The molecule has 11 heteroatoms. The third-order valence-electron chi connectivity index (χ3n) is 4.13. The summed E-state index contributed by atoms with van der Waals surface area (Å²) >= 11 is 1.52. The summed E-state index contributed by atoms with van der Waals surface area (Å²) in [5.74, 6) is 0.290. The van der Waals surface area contributed by atoms with Crippen molar-refractivity contribution >= 4 is 33.0 Å². The Bertz CT molecular complexity index is 1290. The van der Waals surface area contributed by atoms with Crippen molar-refractivity contribution in [2.45, 2.75) is 12.7 Å². The van der Waals surface area contributed by atoms with Crippen molar-refractivity contribution in [2.75, 3.05) is 5.32 Å². The van der Waals surface area contributed by atoms with E-state index in [1.165, 1.54) is 23.5 Å². The molecule has 4 aromatic heterocycles. The van der Waals surface area contributed by atoms with Crippen molar-refractivity contribution in [1.29, 1.82) is 0 Å². The molecule has 4 heterocycles. The SMILES string of the molecule is FC(F)(F)c1nnc2ccc(NCc3ccc(-c4nc5ccccc5s4)o3)nn12. The molecule has 0 bridgehead atoms. The summed E-state index contributed by atoms with van der Waals surface area (Å²) in [6, 6.07) is 14.3. The number of rotatable bonds is 4. The number of nitrogens with one attached hydrogen (secondary N) is 1. The van der Waals surface area contributed by atoms with Crippen molar-refractivity contribution in [3.05, 3.63) is 60.1 Å². The van der Waals surface area contributed by atoms with E-state index >= 15 is 0 Å². The Morgan fingerprint density at radius 3 is 2.72 bits per heavy atom. The number of hydrogen-bond acceptors (Lipinski definition) is 7. The maximum Gasteiger partial charge on any atom is 0.453 e. The molecule has 0 atom stereocenters. The largest absolute Gasteiger partial charge is 0.457 e. The molecule has 1 aromatic carbocycles. The zero-order chi connectivity index (χ0) is 20.0. The van der Waals surface area contributed by atoms with Gasteiger partial charge in [0.1, 0.15) is 11.6 Å². The van der Waals surface area contributed by atoms with Gasteiger partial charge in [-0.3, -0.25) is 0 Å². The van der Waals surface area contributed by atoms with Crippen LogP contribution in [0.15, 0.2) is 52.9 Å². The normalized spacial score (nSPS) is 12.1. The second-order valence-electron chi connectivity index (χ2n) is 6.12. The zero-order valence-corrected chi connectivity index (χ0v) is 15.3. The molecule has 0 amide bonds. The van der Waals surface area contributed by atoms with Crippen LogP contribution in [0, 0.1) is 0 Å². The van der Waals surface area contributed by atoms with Crippen LogP contribution in [0.4, 0.5) is 19.0 Å². The second-order valence-corrected chi connectivity index (χ2v) is 7.15. The highest BCUT2D eigenvalue weighted by Gasteiger charge is 2.37. The monoisotopic (exact) mass is 416 g/mol. The average molecular weight is 416 g/mol. The first kappa shape index (κ1) is 17.6. The topological polar surface area (TPSA) is 81.1 Å². The first-order valence-corrected chi connectivity index (χ1v) is 9.27. The Hall–Kier alpha value is -3.47. The van der Waals surface area contributed by atoms with Crippen LogP contribution in [0.2, 0.25) is 0 Å². The second kappa shape index (κ2) is 6.55. The van der Waals surface area contributed by atoms with E-state index in [-0.39, 0.29) is 18.0 Å². The molecule has 0 radical (unpaired) electrons. The molecule has 0 aliphatic heterocycles. The summed E-state index contributed by atoms with van der Waals surface area (Å²) in [4.78, 5) is 4.54. The number of hydrogen-bond donors (Lipinski definition) is 1. The van der Waals surface area contributed by atoms with Crippen molar-refractivity contribution in [1.82, 2.24) is 24.8 Å². The molecule has 0 aliphatic rings. The van der Waals surface area contributed by atoms with E-state index in [1.807, 2.05) is 30.3 Å². The van der Waals surface area contributed by atoms with E-state index in [9.17, 15) is 13.2 Å². The van der Waals surface area contributed by atoms with Gasteiger partial charge >= 0.3 is 6.18 Å². The van der Waals surface area contributed by atoms with Gasteiger partial charge < -0.3 is 9.73 Å². The average Bonchev–Trinajstić information content (AvgIpc) is 3.41. The number of thiazole rings is 1. The van der Waals surface area contributed by atoms with Crippen LogP contribution in [0.3, 0.4) is 0 Å². The Balaban J connectivity index is 1.35. The molecule has 146 valence electrons. The Labute approximate surface area is 164 Å². The fourth-order valence-electron chi connectivity index (χ4n) is 2.80. The van der Waals surface area contributed by atoms with Gasteiger partial charge in [-0.2, -0.15) is 17.7 Å². The van der Waals surface area contributed by atoms with Gasteiger partial charge in [0.2, 0.25) is 0 Å². The number of nitrogens with zero attached hydrogens (tertiary/aromatic N) is 5. The maximum atomic E-state index is 13.0. The fraction of sp³-hybridized carbons (Fsp3) is 0.111. The number of anilines is 1. The lowest BCUT2D eigenvalue weighted by Gasteiger charge is -2.06. The van der Waals surface area contributed by atoms with E-state index in [4.69, 9.17) is 4.42 Å². The van der Waals surface area contributed by atoms with Crippen molar-refractivity contribution in [3.8, 4) is 10.8 Å². The summed E-state index contributed by atoms with van der Waals surface area (Å²) in [6.45, 7) is 0.243. The van der Waals surface area contributed by atoms with E-state index in [0.29, 0.717) is 16.0 Å². The minimum absolute atomic E-state index is 0.0130. The molecule has 0 unspecified atom stereocenters. The molecule has 29 heavy (non-hydrogen) atoms. The maximum absolute atomic E-state index is 13.0. The predicted octanol–water partition coefficient (Wildman–Crippen LogP) is 4.62. The van der Waals surface area contributed by atoms with Gasteiger partial charge in [-0.25, -0.2) is 4.98 Å². The lowest BCUT2D eigenvalue weighted by molar-refractivity contribution is -0.146. The number of fused-ring (bicyclic) bond motifs is 2. The van der Waals surface area contributed by atoms with E-state index in [1.54, 1.807) is 6.07 Å². The minimum atomic E-state index is -4.64. The molecule has 0 aliphatic carbocycles. The molecule has 1 N–H and O–H groups in total. The molecular weight excluding hydrogens is 405 g/mol. The molecule has 7 nitrogen and oxygen atoms in total. The summed E-state index contributed by atoms with van der Waals surface area (Å²) in [7, 11) is 0. The van der Waals surface area contributed by atoms with Gasteiger partial charge in [0.05, 0.1) is 16.8 Å². The highest BCUT2D eigenvalue weighted by Crippen LogP contribution is 2.31. The van der Waals surface area contributed by atoms with Crippen LogP contribution in [0.1, 0.15) is 11.6 Å². The third kappa shape index (κ3) is 3.29. The van der Waals surface area contributed by atoms with Gasteiger partial charge in [-0.1, -0.05) is 12.1 Å². The quantitative estimate of drug-likeness (QED) is 0.460. The summed E-state index contributed by atoms with van der Waals surface area (Å²) in [5.41, 5.74) is 0.912. The van der Waals surface area contributed by atoms with E-state index < -0.39 is 12.0 Å². The van der Waals surface area contributed by atoms with Gasteiger partial charge in [0.15, 0.2) is 16.4 Å². The molecule has 5 rings (SSSR count). The number of alkyl halides is 3. The molecule has 0 saturated carbocycles. The number of benzene rings is 1. The van der Waals surface area contributed by atoms with Crippen molar-refractivity contribution in [3.63, 3.8) is 0 Å². The smallest absolute Gasteiger partial charge is 0.453 e. The first-order chi connectivity index (χ1) is 14.0. The Kier molecular flexibility index (Phi) is 3.98. The van der Waals surface area contributed by atoms with Crippen LogP contribution >= 0.6 is 11.3 Å². The zero-order valence-electron chi connectivity index (χ0n) is 14.5. The first-order valence-electron chi connectivity index (χ1n) is 8.45. The van der Waals surface area contributed by atoms with Crippen LogP contribution in [0.25, 0.3) is 26.6 Å².